The number of benzene rings is 1. The van der Waals surface area contributed by atoms with Crippen LogP contribution in [0.2, 0.25) is 0 Å². The molecule has 0 aliphatic heterocycles. The van der Waals surface area contributed by atoms with Crippen molar-refractivity contribution >= 4 is 11.8 Å². The Bertz CT molecular complexity index is 867. The van der Waals surface area contributed by atoms with Gasteiger partial charge in [-0.3, -0.25) is 14.3 Å². The van der Waals surface area contributed by atoms with Gasteiger partial charge in [0.05, 0.1) is 31.4 Å². The van der Waals surface area contributed by atoms with Gasteiger partial charge in [-0.25, -0.2) is 0 Å². The number of fused-ring (bicyclic) bond motifs is 1. The number of rotatable bonds is 5. The fourth-order valence-corrected chi connectivity index (χ4v) is 3.56. The number of methoxy groups -OCH3 is 1. The van der Waals surface area contributed by atoms with Crippen molar-refractivity contribution in [2.75, 3.05) is 13.7 Å². The van der Waals surface area contributed by atoms with Gasteiger partial charge in [0.25, 0.3) is 5.91 Å². The van der Waals surface area contributed by atoms with E-state index in [1.807, 2.05) is 10.9 Å². The van der Waals surface area contributed by atoms with E-state index in [2.05, 4.69) is 36.5 Å². The van der Waals surface area contributed by atoms with Gasteiger partial charge in [0.15, 0.2) is 0 Å². The number of nitrogens with zero attached hydrogens (tertiary/aromatic N) is 2. The summed E-state index contributed by atoms with van der Waals surface area (Å²) in [4.78, 5) is 24.7. The van der Waals surface area contributed by atoms with E-state index in [9.17, 15) is 9.59 Å². The van der Waals surface area contributed by atoms with Crippen molar-refractivity contribution in [3.63, 3.8) is 0 Å². The predicted molar refractivity (Wildman–Crippen MR) is 106 cm³/mol. The van der Waals surface area contributed by atoms with Gasteiger partial charge in [-0.2, -0.15) is 5.10 Å². The van der Waals surface area contributed by atoms with E-state index >= 15 is 0 Å². The third kappa shape index (κ3) is 4.35. The molecule has 2 N–H and O–H groups in total. The molecule has 7 nitrogen and oxygen atoms in total. The molecule has 1 aromatic carbocycles. The second-order valence-corrected chi connectivity index (χ2v) is 8.06. The molecule has 7 heteroatoms. The Labute approximate surface area is 165 Å². The fraction of sp³-hybridized carbons (Fsp3) is 0.476. The molecule has 3 rings (SSSR count). The van der Waals surface area contributed by atoms with Gasteiger partial charge in [0.1, 0.15) is 5.75 Å². The van der Waals surface area contributed by atoms with Gasteiger partial charge in [-0.1, -0.05) is 6.07 Å². The topological polar surface area (TPSA) is 85.2 Å². The van der Waals surface area contributed by atoms with E-state index in [1.165, 1.54) is 5.69 Å². The zero-order valence-electron chi connectivity index (χ0n) is 16.9. The van der Waals surface area contributed by atoms with Crippen LogP contribution in [0, 0.1) is 0 Å². The second kappa shape index (κ2) is 8.04. The molecule has 2 amide bonds. The number of aromatic nitrogens is 2. The zero-order valence-corrected chi connectivity index (χ0v) is 16.9. The fourth-order valence-electron chi connectivity index (χ4n) is 3.56. The van der Waals surface area contributed by atoms with E-state index < -0.39 is 0 Å². The molecule has 1 aromatic heterocycles. The lowest BCUT2D eigenvalue weighted by Crippen LogP contribution is -2.39. The Balaban J connectivity index is 1.60. The van der Waals surface area contributed by atoms with Gasteiger partial charge in [-0.05, 0) is 58.2 Å². The van der Waals surface area contributed by atoms with Crippen LogP contribution < -0.4 is 15.4 Å². The monoisotopic (exact) mass is 384 g/mol. The molecular weight excluding hydrogens is 356 g/mol. The normalized spacial score (nSPS) is 16.2. The number of hydrogen-bond acceptors (Lipinski definition) is 4. The number of carbonyl (C=O) groups is 2. The minimum absolute atomic E-state index is 0.0685. The summed E-state index contributed by atoms with van der Waals surface area (Å²) in [5.74, 6) is 0.0826. The summed E-state index contributed by atoms with van der Waals surface area (Å²) >= 11 is 0. The molecule has 0 fully saturated rings. The molecule has 0 saturated heterocycles. The van der Waals surface area contributed by atoms with Crippen LogP contribution in [0.3, 0.4) is 0 Å². The first-order chi connectivity index (χ1) is 13.3. The molecule has 28 heavy (non-hydrogen) atoms. The largest absolute Gasteiger partial charge is 0.497 e. The predicted octanol–water partition coefficient (Wildman–Crippen LogP) is 2.57. The number of hydrogen-bond donors (Lipinski definition) is 2. The molecule has 1 atom stereocenters. The number of ether oxygens (including phenoxy) is 1. The molecule has 1 aliphatic carbocycles. The molecular formula is C21H28N4O3. The summed E-state index contributed by atoms with van der Waals surface area (Å²) in [7, 11) is 1.55. The van der Waals surface area contributed by atoms with E-state index in [-0.39, 0.29) is 29.9 Å². The highest BCUT2D eigenvalue weighted by atomic mass is 16.5. The third-order valence-corrected chi connectivity index (χ3v) is 4.90. The van der Waals surface area contributed by atoms with Gasteiger partial charge in [-0.15, -0.1) is 0 Å². The van der Waals surface area contributed by atoms with E-state index in [4.69, 9.17) is 4.74 Å². The highest BCUT2D eigenvalue weighted by molar-refractivity contribution is 5.96. The zero-order chi connectivity index (χ0) is 20.3. The highest BCUT2D eigenvalue weighted by Crippen LogP contribution is 2.32. The smallest absolute Gasteiger partial charge is 0.251 e. The molecule has 1 heterocycles. The molecule has 0 radical (unpaired) electrons. The van der Waals surface area contributed by atoms with Gasteiger partial charge in [0.2, 0.25) is 5.91 Å². The maximum absolute atomic E-state index is 12.4. The van der Waals surface area contributed by atoms with Crippen LogP contribution in [-0.2, 0) is 16.8 Å². The van der Waals surface area contributed by atoms with Crippen molar-refractivity contribution < 1.29 is 14.3 Å². The van der Waals surface area contributed by atoms with Crippen molar-refractivity contribution in [3.8, 4) is 5.75 Å². The lowest BCUT2D eigenvalue weighted by Gasteiger charge is -2.28. The average molecular weight is 384 g/mol. The van der Waals surface area contributed by atoms with Crippen molar-refractivity contribution in [1.82, 2.24) is 20.4 Å². The molecule has 1 aliphatic rings. The summed E-state index contributed by atoms with van der Waals surface area (Å²) in [5, 5.41) is 10.2. The second-order valence-electron chi connectivity index (χ2n) is 8.06. The number of amides is 2. The van der Waals surface area contributed by atoms with E-state index in [0.717, 1.165) is 24.8 Å². The lowest BCUT2D eigenvalue weighted by atomic mass is 9.92. The lowest BCUT2D eigenvalue weighted by molar-refractivity contribution is -0.121. The van der Waals surface area contributed by atoms with Gasteiger partial charge in [0, 0.05) is 16.8 Å². The summed E-state index contributed by atoms with van der Waals surface area (Å²) in [6.07, 6.45) is 4.69. The quantitative estimate of drug-likeness (QED) is 0.830. The Morgan fingerprint density at radius 1 is 1.32 bits per heavy atom. The van der Waals surface area contributed by atoms with Crippen molar-refractivity contribution in [2.24, 2.45) is 0 Å². The molecule has 2 aromatic rings. The van der Waals surface area contributed by atoms with Crippen LogP contribution in [-0.4, -0.2) is 35.2 Å². The summed E-state index contributed by atoms with van der Waals surface area (Å²) in [5.41, 5.74) is 2.63. The van der Waals surface area contributed by atoms with E-state index in [1.54, 1.807) is 31.4 Å². The Kier molecular flexibility index (Phi) is 5.72. The number of nitrogens with one attached hydrogen (secondary N) is 2. The van der Waals surface area contributed by atoms with Crippen LogP contribution in [0.1, 0.15) is 61.3 Å². The van der Waals surface area contributed by atoms with Gasteiger partial charge >= 0.3 is 0 Å². The van der Waals surface area contributed by atoms with Crippen LogP contribution in [0.4, 0.5) is 0 Å². The maximum Gasteiger partial charge on any atom is 0.251 e. The molecule has 1 unspecified atom stereocenters. The highest BCUT2D eigenvalue weighted by Gasteiger charge is 2.28. The molecule has 0 saturated carbocycles. The van der Waals surface area contributed by atoms with Crippen molar-refractivity contribution in [3.05, 3.63) is 47.3 Å². The minimum atomic E-state index is -0.307. The van der Waals surface area contributed by atoms with Crippen LogP contribution in [0.15, 0.2) is 30.5 Å². The standard InChI is InChI=1S/C21H28N4O3/c1-21(2,3)25-18-10-6-9-17(16(18)12-23-25)24-19(26)13-22-20(27)14-7-5-8-15(11-14)28-4/h5,7-8,11-12,17H,6,9-10,13H2,1-4H3,(H,22,27)(H,24,26). The third-order valence-electron chi connectivity index (χ3n) is 4.90. The molecule has 150 valence electrons. The Morgan fingerprint density at radius 3 is 2.82 bits per heavy atom. The average Bonchev–Trinajstić information content (AvgIpc) is 3.12. The van der Waals surface area contributed by atoms with Gasteiger partial charge < -0.3 is 15.4 Å². The van der Waals surface area contributed by atoms with Crippen molar-refractivity contribution in [2.45, 2.75) is 51.6 Å². The summed E-state index contributed by atoms with van der Waals surface area (Å²) in [6.45, 7) is 6.29. The summed E-state index contributed by atoms with van der Waals surface area (Å²) < 4.78 is 7.17. The first-order valence-electron chi connectivity index (χ1n) is 9.58. The first-order valence-corrected chi connectivity index (χ1v) is 9.58. The van der Waals surface area contributed by atoms with Crippen molar-refractivity contribution in [1.29, 1.82) is 0 Å². The van der Waals surface area contributed by atoms with Crippen LogP contribution in [0.25, 0.3) is 0 Å². The summed E-state index contributed by atoms with van der Waals surface area (Å²) in [6, 6.07) is 6.76. The maximum atomic E-state index is 12.4. The Hall–Kier alpha value is -2.83. The van der Waals surface area contributed by atoms with E-state index in [0.29, 0.717) is 11.3 Å². The Morgan fingerprint density at radius 2 is 2.11 bits per heavy atom. The first kappa shape index (κ1) is 19.9. The number of carbonyl (C=O) groups excluding carboxylic acids is 2. The SMILES string of the molecule is COc1cccc(C(=O)NCC(=O)NC2CCCc3c2cnn3C(C)(C)C)c1. The van der Waals surface area contributed by atoms with Crippen LogP contribution >= 0.6 is 0 Å². The molecule has 0 spiro atoms. The molecule has 0 bridgehead atoms. The minimum Gasteiger partial charge on any atom is -0.497 e. The van der Waals surface area contributed by atoms with Crippen LogP contribution in [0.5, 0.6) is 5.75 Å².